The molecule has 0 aromatic heterocycles. The molecule has 1 amide bonds. The van der Waals surface area contributed by atoms with Gasteiger partial charge in [0.15, 0.2) is 0 Å². The average Bonchev–Trinajstić information content (AvgIpc) is 2.94. The third-order valence-corrected chi connectivity index (χ3v) is 4.73. The van der Waals surface area contributed by atoms with Crippen LogP contribution in [0.5, 0.6) is 5.75 Å². The van der Waals surface area contributed by atoms with Gasteiger partial charge in [-0.1, -0.05) is 6.42 Å². The van der Waals surface area contributed by atoms with E-state index < -0.39 is 0 Å². The summed E-state index contributed by atoms with van der Waals surface area (Å²) in [7, 11) is 1.58. The molecule has 2 aliphatic rings. The van der Waals surface area contributed by atoms with E-state index in [4.69, 9.17) is 10.5 Å². The maximum absolute atomic E-state index is 12.7. The summed E-state index contributed by atoms with van der Waals surface area (Å²) in [6.07, 6.45) is 6.09. The molecular weight excluding hydrogens is 252 g/mol. The maximum atomic E-state index is 12.7. The van der Waals surface area contributed by atoms with E-state index in [1.54, 1.807) is 19.2 Å². The fourth-order valence-electron chi connectivity index (χ4n) is 3.74. The Kier molecular flexibility index (Phi) is 3.55. The van der Waals surface area contributed by atoms with Crippen molar-refractivity contribution in [2.24, 2.45) is 5.92 Å². The van der Waals surface area contributed by atoms with E-state index in [0.29, 0.717) is 29.0 Å². The Morgan fingerprint density at radius 1 is 1.30 bits per heavy atom. The number of rotatable bonds is 2. The molecule has 1 saturated carbocycles. The molecule has 3 rings (SSSR count). The van der Waals surface area contributed by atoms with Gasteiger partial charge in [0.05, 0.1) is 12.8 Å². The highest BCUT2D eigenvalue weighted by Gasteiger charge is 2.37. The van der Waals surface area contributed by atoms with E-state index >= 15 is 0 Å². The molecule has 4 heteroatoms. The number of amides is 1. The molecule has 1 aliphatic heterocycles. The number of carbonyl (C=O) groups is 1. The second-order valence-electron chi connectivity index (χ2n) is 5.86. The number of fused-ring (bicyclic) bond motifs is 1. The highest BCUT2D eigenvalue weighted by molar-refractivity contribution is 5.95. The molecule has 20 heavy (non-hydrogen) atoms. The number of nitrogens with zero attached hydrogens (tertiary/aromatic N) is 1. The van der Waals surface area contributed by atoms with Gasteiger partial charge in [-0.15, -0.1) is 0 Å². The van der Waals surface area contributed by atoms with Gasteiger partial charge in [0.25, 0.3) is 5.91 Å². The Hall–Kier alpha value is -1.71. The lowest BCUT2D eigenvalue weighted by atomic mass is 9.91. The number of nitrogen functional groups attached to an aromatic ring is 1. The Bertz CT molecular complexity index is 515. The number of piperidine rings is 1. The Labute approximate surface area is 119 Å². The molecule has 1 saturated heterocycles. The first-order valence-corrected chi connectivity index (χ1v) is 7.45. The third-order valence-electron chi connectivity index (χ3n) is 4.73. The molecular formula is C16H22N2O2. The molecule has 4 nitrogen and oxygen atoms in total. The number of hydrogen-bond acceptors (Lipinski definition) is 3. The number of carbonyl (C=O) groups excluding carboxylic acids is 1. The Morgan fingerprint density at radius 3 is 2.85 bits per heavy atom. The highest BCUT2D eigenvalue weighted by atomic mass is 16.5. The average molecular weight is 274 g/mol. The Morgan fingerprint density at radius 2 is 2.10 bits per heavy atom. The molecule has 1 aliphatic carbocycles. The van der Waals surface area contributed by atoms with Crippen LogP contribution in [0.4, 0.5) is 5.69 Å². The van der Waals surface area contributed by atoms with Gasteiger partial charge in [0, 0.05) is 18.2 Å². The third kappa shape index (κ3) is 2.23. The SMILES string of the molecule is COc1ccc(C(=O)N2CCCC3CCCC32)cc1N. The zero-order valence-corrected chi connectivity index (χ0v) is 12.0. The number of nitrogens with two attached hydrogens (primary N) is 1. The summed E-state index contributed by atoms with van der Waals surface area (Å²) in [5, 5.41) is 0. The zero-order valence-electron chi connectivity index (χ0n) is 12.0. The van der Waals surface area contributed by atoms with Crippen LogP contribution in [0, 0.1) is 5.92 Å². The first kappa shape index (κ1) is 13.3. The van der Waals surface area contributed by atoms with Crippen LogP contribution >= 0.6 is 0 Å². The molecule has 0 radical (unpaired) electrons. The fraction of sp³-hybridized carbons (Fsp3) is 0.562. The lowest BCUT2D eigenvalue weighted by Gasteiger charge is -2.38. The first-order valence-electron chi connectivity index (χ1n) is 7.45. The molecule has 2 unspecified atom stereocenters. The minimum absolute atomic E-state index is 0.121. The number of likely N-dealkylation sites (tertiary alicyclic amines) is 1. The van der Waals surface area contributed by atoms with Gasteiger partial charge in [-0.3, -0.25) is 4.79 Å². The quantitative estimate of drug-likeness (QED) is 0.844. The molecule has 108 valence electrons. The number of hydrogen-bond donors (Lipinski definition) is 1. The predicted octanol–water partition coefficient (Wildman–Crippen LogP) is 2.68. The van der Waals surface area contributed by atoms with Crippen molar-refractivity contribution in [2.75, 3.05) is 19.4 Å². The number of benzene rings is 1. The summed E-state index contributed by atoms with van der Waals surface area (Å²) in [6.45, 7) is 0.881. The van der Waals surface area contributed by atoms with E-state index in [2.05, 4.69) is 4.90 Å². The Balaban J connectivity index is 1.82. The lowest BCUT2D eigenvalue weighted by molar-refractivity contribution is 0.0548. The first-order chi connectivity index (χ1) is 9.70. The van der Waals surface area contributed by atoms with Crippen LogP contribution in [-0.4, -0.2) is 30.5 Å². The molecule has 0 spiro atoms. The maximum Gasteiger partial charge on any atom is 0.254 e. The monoisotopic (exact) mass is 274 g/mol. The molecule has 2 atom stereocenters. The number of methoxy groups -OCH3 is 1. The molecule has 1 aromatic rings. The molecule has 2 fully saturated rings. The standard InChI is InChI=1S/C16H22N2O2/c1-20-15-8-7-12(10-13(15)17)16(19)18-9-3-5-11-4-2-6-14(11)18/h7-8,10-11,14H,2-6,9,17H2,1H3. The molecule has 0 bridgehead atoms. The number of ether oxygens (including phenoxy) is 1. The fourth-order valence-corrected chi connectivity index (χ4v) is 3.74. The zero-order chi connectivity index (χ0) is 14.1. The summed E-state index contributed by atoms with van der Waals surface area (Å²) in [5.41, 5.74) is 7.11. The van der Waals surface area contributed by atoms with Crippen LogP contribution in [0.3, 0.4) is 0 Å². The van der Waals surface area contributed by atoms with Gasteiger partial charge < -0.3 is 15.4 Å². The minimum atomic E-state index is 0.121. The lowest BCUT2D eigenvalue weighted by Crippen LogP contribution is -2.46. The summed E-state index contributed by atoms with van der Waals surface area (Å²) in [4.78, 5) is 14.8. The van der Waals surface area contributed by atoms with E-state index in [1.807, 2.05) is 6.07 Å². The van der Waals surface area contributed by atoms with Crippen LogP contribution in [0.25, 0.3) is 0 Å². The van der Waals surface area contributed by atoms with E-state index in [-0.39, 0.29) is 5.91 Å². The summed E-state index contributed by atoms with van der Waals surface area (Å²) in [5.74, 6) is 1.46. The van der Waals surface area contributed by atoms with Crippen molar-refractivity contribution >= 4 is 11.6 Å². The predicted molar refractivity (Wildman–Crippen MR) is 78.8 cm³/mol. The smallest absolute Gasteiger partial charge is 0.254 e. The van der Waals surface area contributed by atoms with Crippen molar-refractivity contribution in [1.82, 2.24) is 4.90 Å². The molecule has 1 aromatic carbocycles. The van der Waals surface area contributed by atoms with E-state index in [0.717, 1.165) is 19.4 Å². The summed E-state index contributed by atoms with van der Waals surface area (Å²) < 4.78 is 5.14. The summed E-state index contributed by atoms with van der Waals surface area (Å²) in [6, 6.07) is 5.77. The van der Waals surface area contributed by atoms with Crippen molar-refractivity contribution in [2.45, 2.75) is 38.1 Å². The summed E-state index contributed by atoms with van der Waals surface area (Å²) >= 11 is 0. The van der Waals surface area contributed by atoms with Crippen molar-refractivity contribution in [3.05, 3.63) is 23.8 Å². The molecule has 2 N–H and O–H groups in total. The molecule has 1 heterocycles. The van der Waals surface area contributed by atoms with Crippen molar-refractivity contribution in [3.63, 3.8) is 0 Å². The van der Waals surface area contributed by atoms with Gasteiger partial charge in [-0.2, -0.15) is 0 Å². The largest absolute Gasteiger partial charge is 0.495 e. The van der Waals surface area contributed by atoms with Crippen LogP contribution in [0.15, 0.2) is 18.2 Å². The van der Waals surface area contributed by atoms with Crippen LogP contribution in [-0.2, 0) is 0 Å². The van der Waals surface area contributed by atoms with Gasteiger partial charge in [-0.25, -0.2) is 0 Å². The topological polar surface area (TPSA) is 55.6 Å². The van der Waals surface area contributed by atoms with Gasteiger partial charge >= 0.3 is 0 Å². The van der Waals surface area contributed by atoms with Crippen LogP contribution in [0.2, 0.25) is 0 Å². The second kappa shape index (κ2) is 5.35. The number of anilines is 1. The van der Waals surface area contributed by atoms with Crippen molar-refractivity contribution < 1.29 is 9.53 Å². The van der Waals surface area contributed by atoms with E-state index in [1.165, 1.54) is 19.3 Å². The van der Waals surface area contributed by atoms with Crippen molar-refractivity contribution in [1.29, 1.82) is 0 Å². The van der Waals surface area contributed by atoms with E-state index in [9.17, 15) is 4.79 Å². The van der Waals surface area contributed by atoms with Crippen molar-refractivity contribution in [3.8, 4) is 5.75 Å². The van der Waals surface area contributed by atoms with Crippen LogP contribution < -0.4 is 10.5 Å². The minimum Gasteiger partial charge on any atom is -0.495 e. The second-order valence-corrected chi connectivity index (χ2v) is 5.86. The normalized spacial score (nSPS) is 25.4. The highest BCUT2D eigenvalue weighted by Crippen LogP contribution is 2.37. The van der Waals surface area contributed by atoms with Crippen LogP contribution in [0.1, 0.15) is 42.5 Å². The van der Waals surface area contributed by atoms with Gasteiger partial charge in [0.2, 0.25) is 0 Å². The van der Waals surface area contributed by atoms with Gasteiger partial charge in [0.1, 0.15) is 5.75 Å². The van der Waals surface area contributed by atoms with Gasteiger partial charge in [-0.05, 0) is 49.8 Å².